The van der Waals surface area contributed by atoms with Crippen LogP contribution in [0.3, 0.4) is 0 Å². The van der Waals surface area contributed by atoms with Crippen LogP contribution in [0, 0.1) is 11.7 Å². The van der Waals surface area contributed by atoms with Crippen molar-refractivity contribution in [3.63, 3.8) is 0 Å². The van der Waals surface area contributed by atoms with E-state index < -0.39 is 17.6 Å². The summed E-state index contributed by atoms with van der Waals surface area (Å²) in [6.07, 6.45) is -0.0554. The van der Waals surface area contributed by atoms with Gasteiger partial charge in [-0.05, 0) is 68.9 Å². The molecule has 2 aliphatic rings. The molecule has 0 saturated carbocycles. The van der Waals surface area contributed by atoms with Crippen LogP contribution in [0.25, 0.3) is 0 Å². The second-order valence-corrected chi connectivity index (χ2v) is 6.62. The third-order valence-corrected chi connectivity index (χ3v) is 5.07. The molecule has 1 aromatic rings. The van der Waals surface area contributed by atoms with E-state index in [-0.39, 0.29) is 24.5 Å². The van der Waals surface area contributed by atoms with Gasteiger partial charge in [-0.3, -0.25) is 4.90 Å². The van der Waals surface area contributed by atoms with Gasteiger partial charge in [0, 0.05) is 12.6 Å². The Labute approximate surface area is 146 Å². The molecule has 2 saturated heterocycles. The third-order valence-electron chi connectivity index (χ3n) is 5.07. The molecular formula is C17H23ClF4N2. The minimum absolute atomic E-state index is 0. The maximum absolute atomic E-state index is 13.2. The number of likely N-dealkylation sites (tertiary alicyclic amines) is 1. The average molecular weight is 367 g/mol. The van der Waals surface area contributed by atoms with Gasteiger partial charge in [0.25, 0.3) is 0 Å². The maximum Gasteiger partial charge on any atom is 0.416 e. The van der Waals surface area contributed by atoms with Gasteiger partial charge in [-0.25, -0.2) is 4.39 Å². The van der Waals surface area contributed by atoms with Gasteiger partial charge < -0.3 is 5.32 Å². The van der Waals surface area contributed by atoms with Crippen molar-refractivity contribution in [2.24, 2.45) is 5.92 Å². The van der Waals surface area contributed by atoms with Crippen molar-refractivity contribution in [3.8, 4) is 0 Å². The van der Waals surface area contributed by atoms with Crippen molar-refractivity contribution in [2.45, 2.75) is 44.4 Å². The van der Waals surface area contributed by atoms with Crippen LogP contribution in [0.2, 0.25) is 0 Å². The number of benzene rings is 1. The zero-order valence-electron chi connectivity index (χ0n) is 13.4. The fraction of sp³-hybridized carbons (Fsp3) is 0.647. The molecule has 1 atom stereocenters. The molecular weight excluding hydrogens is 344 g/mol. The predicted molar refractivity (Wildman–Crippen MR) is 87.7 cm³/mol. The van der Waals surface area contributed by atoms with Crippen LogP contribution in [-0.2, 0) is 12.7 Å². The summed E-state index contributed by atoms with van der Waals surface area (Å²) >= 11 is 0. The molecule has 0 spiro atoms. The summed E-state index contributed by atoms with van der Waals surface area (Å²) in [6.45, 7) is 2.92. The lowest BCUT2D eigenvalue weighted by Gasteiger charge is -2.35. The lowest BCUT2D eigenvalue weighted by Crippen LogP contribution is -2.40. The summed E-state index contributed by atoms with van der Waals surface area (Å²) in [5.74, 6) is -0.212. The van der Waals surface area contributed by atoms with Crippen LogP contribution in [0.1, 0.15) is 36.8 Å². The lowest BCUT2D eigenvalue weighted by molar-refractivity contribution is -0.138. The fourth-order valence-corrected chi connectivity index (χ4v) is 3.82. The molecule has 24 heavy (non-hydrogen) atoms. The fourth-order valence-electron chi connectivity index (χ4n) is 3.82. The van der Waals surface area contributed by atoms with E-state index in [1.807, 2.05) is 4.90 Å². The van der Waals surface area contributed by atoms with E-state index in [0.29, 0.717) is 18.0 Å². The standard InChI is InChI=1S/C17H22F4N2.ClH/c18-14-4-3-13(15(10-14)17(19,20)21)11-23-8-5-12(6-9-23)16-2-1-7-22-16;/h3-4,10,12,16,22H,1-2,5-9,11H2;1H. The Hall–Kier alpha value is -0.850. The first-order valence-corrected chi connectivity index (χ1v) is 8.25. The van der Waals surface area contributed by atoms with E-state index in [0.717, 1.165) is 38.5 Å². The Balaban J connectivity index is 0.00000208. The number of nitrogens with zero attached hydrogens (tertiary/aromatic N) is 1. The van der Waals surface area contributed by atoms with Crippen molar-refractivity contribution in [2.75, 3.05) is 19.6 Å². The Morgan fingerprint density at radius 3 is 2.42 bits per heavy atom. The molecule has 0 amide bonds. The number of piperidine rings is 1. The van der Waals surface area contributed by atoms with Gasteiger partial charge >= 0.3 is 6.18 Å². The summed E-state index contributed by atoms with van der Waals surface area (Å²) in [4.78, 5) is 2.05. The number of halogens is 5. The smallest absolute Gasteiger partial charge is 0.314 e. The molecule has 2 nitrogen and oxygen atoms in total. The molecule has 0 aromatic heterocycles. The van der Waals surface area contributed by atoms with Gasteiger partial charge in [-0.2, -0.15) is 13.2 Å². The van der Waals surface area contributed by atoms with E-state index in [9.17, 15) is 17.6 Å². The number of hydrogen-bond donors (Lipinski definition) is 1. The van der Waals surface area contributed by atoms with Crippen LogP contribution in [0.15, 0.2) is 18.2 Å². The molecule has 2 fully saturated rings. The highest BCUT2D eigenvalue weighted by Crippen LogP contribution is 2.34. The maximum atomic E-state index is 13.2. The molecule has 1 unspecified atom stereocenters. The van der Waals surface area contributed by atoms with E-state index in [4.69, 9.17) is 0 Å². The largest absolute Gasteiger partial charge is 0.416 e. The van der Waals surface area contributed by atoms with E-state index >= 15 is 0 Å². The zero-order chi connectivity index (χ0) is 16.4. The first-order chi connectivity index (χ1) is 10.9. The van der Waals surface area contributed by atoms with Crippen LogP contribution in [0.4, 0.5) is 17.6 Å². The predicted octanol–water partition coefficient (Wildman–Crippen LogP) is 4.23. The van der Waals surface area contributed by atoms with Crippen molar-refractivity contribution < 1.29 is 17.6 Å². The van der Waals surface area contributed by atoms with Crippen LogP contribution in [0.5, 0.6) is 0 Å². The van der Waals surface area contributed by atoms with E-state index in [2.05, 4.69) is 5.32 Å². The number of nitrogens with one attached hydrogen (secondary N) is 1. The topological polar surface area (TPSA) is 15.3 Å². The number of alkyl halides is 3. The SMILES string of the molecule is Cl.Fc1ccc(CN2CCC(C3CCCN3)CC2)c(C(F)(F)F)c1. The second-order valence-electron chi connectivity index (χ2n) is 6.62. The Morgan fingerprint density at radius 1 is 1.12 bits per heavy atom. The summed E-state index contributed by atoms with van der Waals surface area (Å²) in [5.41, 5.74) is -0.687. The highest BCUT2D eigenvalue weighted by molar-refractivity contribution is 5.85. The van der Waals surface area contributed by atoms with Gasteiger partial charge in [0.05, 0.1) is 5.56 Å². The normalized spacial score (nSPS) is 23.2. The van der Waals surface area contributed by atoms with Crippen LogP contribution in [-0.4, -0.2) is 30.6 Å². The van der Waals surface area contributed by atoms with E-state index in [1.165, 1.54) is 18.9 Å². The molecule has 1 aromatic carbocycles. The summed E-state index contributed by atoms with van der Waals surface area (Å²) in [7, 11) is 0. The van der Waals surface area contributed by atoms with Crippen molar-refractivity contribution in [1.82, 2.24) is 10.2 Å². The summed E-state index contributed by atoms with van der Waals surface area (Å²) in [6, 6.07) is 3.56. The van der Waals surface area contributed by atoms with Crippen LogP contribution < -0.4 is 5.32 Å². The highest BCUT2D eigenvalue weighted by Gasteiger charge is 2.35. The molecule has 0 aliphatic carbocycles. The van der Waals surface area contributed by atoms with Gasteiger partial charge in [0.2, 0.25) is 0 Å². The molecule has 2 heterocycles. The summed E-state index contributed by atoms with van der Waals surface area (Å²) < 4.78 is 52.3. The molecule has 1 N–H and O–H groups in total. The third kappa shape index (κ3) is 4.61. The first-order valence-electron chi connectivity index (χ1n) is 8.25. The lowest BCUT2D eigenvalue weighted by atomic mass is 9.88. The van der Waals surface area contributed by atoms with Gasteiger partial charge in [-0.1, -0.05) is 6.07 Å². The van der Waals surface area contributed by atoms with Gasteiger partial charge in [0.1, 0.15) is 5.82 Å². The summed E-state index contributed by atoms with van der Waals surface area (Å²) in [5, 5.41) is 3.52. The minimum atomic E-state index is -4.51. The Kier molecular flexibility index (Phi) is 6.51. The molecule has 0 radical (unpaired) electrons. The second kappa shape index (κ2) is 8.02. The number of hydrogen-bond acceptors (Lipinski definition) is 2. The van der Waals surface area contributed by atoms with Crippen molar-refractivity contribution in [3.05, 3.63) is 35.1 Å². The monoisotopic (exact) mass is 366 g/mol. The molecule has 7 heteroatoms. The van der Waals surface area contributed by atoms with Crippen molar-refractivity contribution >= 4 is 12.4 Å². The van der Waals surface area contributed by atoms with Crippen LogP contribution >= 0.6 is 12.4 Å². The minimum Gasteiger partial charge on any atom is -0.314 e. The average Bonchev–Trinajstić information content (AvgIpc) is 3.03. The quantitative estimate of drug-likeness (QED) is 0.805. The zero-order valence-corrected chi connectivity index (χ0v) is 14.2. The Morgan fingerprint density at radius 2 is 1.83 bits per heavy atom. The highest BCUT2D eigenvalue weighted by atomic mass is 35.5. The van der Waals surface area contributed by atoms with Gasteiger partial charge in [0.15, 0.2) is 0 Å². The Bertz CT molecular complexity index is 536. The molecule has 3 rings (SSSR count). The first kappa shape index (κ1) is 19.5. The molecule has 0 bridgehead atoms. The number of rotatable bonds is 3. The van der Waals surface area contributed by atoms with Crippen molar-refractivity contribution in [1.29, 1.82) is 0 Å². The van der Waals surface area contributed by atoms with E-state index in [1.54, 1.807) is 0 Å². The van der Waals surface area contributed by atoms with Gasteiger partial charge in [-0.15, -0.1) is 12.4 Å². The molecule has 2 aliphatic heterocycles. The molecule has 136 valence electrons.